The molecule has 1 unspecified atom stereocenters. The van der Waals surface area contributed by atoms with Crippen molar-refractivity contribution in [2.75, 3.05) is 40.3 Å². The molecule has 1 atom stereocenters. The Morgan fingerprint density at radius 3 is 2.26 bits per heavy atom. The molecular weight excluding hydrogens is 344 g/mol. The molecule has 0 aromatic heterocycles. The molecule has 0 saturated carbocycles. The van der Waals surface area contributed by atoms with Crippen LogP contribution in [-0.4, -0.2) is 73.8 Å². The van der Waals surface area contributed by atoms with Crippen molar-refractivity contribution < 1.29 is 14.4 Å². The van der Waals surface area contributed by atoms with Gasteiger partial charge in [-0.15, -0.1) is 0 Å². The van der Waals surface area contributed by atoms with E-state index in [2.05, 4.69) is 10.6 Å². The minimum absolute atomic E-state index is 0.0465. The number of piperidine rings is 1. The van der Waals surface area contributed by atoms with Crippen molar-refractivity contribution in [3.63, 3.8) is 0 Å². The number of rotatable bonds is 7. The largest absolute Gasteiger partial charge is 0.343 e. The van der Waals surface area contributed by atoms with Crippen LogP contribution in [0.1, 0.15) is 47.0 Å². The third-order valence-corrected chi connectivity index (χ3v) is 4.78. The van der Waals surface area contributed by atoms with E-state index < -0.39 is 11.5 Å². The number of carbonyl (C=O) groups excluding carboxylic acids is 3. The highest BCUT2D eigenvalue weighted by molar-refractivity contribution is 5.93. The van der Waals surface area contributed by atoms with E-state index in [0.29, 0.717) is 12.1 Å². The van der Waals surface area contributed by atoms with Crippen LogP contribution in [-0.2, 0) is 14.4 Å². The zero-order valence-corrected chi connectivity index (χ0v) is 17.7. The normalized spacial score (nSPS) is 16.7. The van der Waals surface area contributed by atoms with E-state index in [1.165, 1.54) is 6.42 Å². The van der Waals surface area contributed by atoms with Crippen molar-refractivity contribution in [1.82, 2.24) is 20.4 Å². The highest BCUT2D eigenvalue weighted by Gasteiger charge is 2.34. The third kappa shape index (κ3) is 7.33. The Morgan fingerprint density at radius 2 is 1.74 bits per heavy atom. The van der Waals surface area contributed by atoms with Gasteiger partial charge in [0, 0.05) is 32.3 Å². The maximum absolute atomic E-state index is 12.9. The summed E-state index contributed by atoms with van der Waals surface area (Å²) >= 11 is 0. The Morgan fingerprint density at radius 1 is 1.15 bits per heavy atom. The van der Waals surface area contributed by atoms with Crippen molar-refractivity contribution >= 4 is 17.7 Å². The first-order chi connectivity index (χ1) is 12.6. The fourth-order valence-electron chi connectivity index (χ4n) is 3.04. The molecule has 1 saturated heterocycles. The molecule has 1 heterocycles. The van der Waals surface area contributed by atoms with Crippen LogP contribution < -0.4 is 10.6 Å². The van der Waals surface area contributed by atoms with Gasteiger partial charge in [0.15, 0.2) is 0 Å². The molecule has 1 fully saturated rings. The molecule has 0 aliphatic carbocycles. The smallest absolute Gasteiger partial charge is 0.249 e. The second-order valence-electron chi connectivity index (χ2n) is 8.36. The quantitative estimate of drug-likeness (QED) is 0.649. The fraction of sp³-hybridized carbons (Fsp3) is 0.750. The molecule has 1 aliphatic heterocycles. The Balaban J connectivity index is 2.73. The SMILES string of the molecule is CNCC(=O)NC(C(=O)N(C)C/C=C(\C)C(=O)N1CCCCC1)C(C)(C)C. The molecule has 0 spiro atoms. The molecule has 154 valence electrons. The molecule has 27 heavy (non-hydrogen) atoms. The number of likely N-dealkylation sites (tertiary alicyclic amines) is 1. The topological polar surface area (TPSA) is 81.8 Å². The predicted octanol–water partition coefficient (Wildman–Crippen LogP) is 1.15. The maximum Gasteiger partial charge on any atom is 0.249 e. The lowest BCUT2D eigenvalue weighted by Gasteiger charge is -2.33. The Labute approximate surface area is 163 Å². The Kier molecular flexibility index (Phi) is 8.96. The Hall–Kier alpha value is -1.89. The van der Waals surface area contributed by atoms with Gasteiger partial charge in [0.1, 0.15) is 6.04 Å². The first-order valence-corrected chi connectivity index (χ1v) is 9.73. The number of hydrogen-bond donors (Lipinski definition) is 2. The molecule has 0 radical (unpaired) electrons. The van der Waals surface area contributed by atoms with E-state index in [1.807, 2.05) is 25.7 Å². The van der Waals surface area contributed by atoms with Gasteiger partial charge in [-0.3, -0.25) is 14.4 Å². The lowest BCUT2D eigenvalue weighted by atomic mass is 9.85. The number of likely N-dealkylation sites (N-methyl/N-ethyl adjacent to an activating group) is 2. The molecule has 1 rings (SSSR count). The van der Waals surface area contributed by atoms with Gasteiger partial charge in [0.2, 0.25) is 17.7 Å². The second-order valence-corrected chi connectivity index (χ2v) is 8.36. The summed E-state index contributed by atoms with van der Waals surface area (Å²) in [6.45, 7) is 9.67. The summed E-state index contributed by atoms with van der Waals surface area (Å²) in [4.78, 5) is 40.8. The van der Waals surface area contributed by atoms with Crippen LogP contribution in [0.4, 0.5) is 0 Å². The molecule has 0 aromatic rings. The van der Waals surface area contributed by atoms with Crippen LogP contribution in [0.15, 0.2) is 11.6 Å². The van der Waals surface area contributed by atoms with Crippen LogP contribution in [0, 0.1) is 5.41 Å². The number of nitrogens with one attached hydrogen (secondary N) is 2. The highest BCUT2D eigenvalue weighted by Crippen LogP contribution is 2.21. The van der Waals surface area contributed by atoms with Crippen LogP contribution in [0.5, 0.6) is 0 Å². The van der Waals surface area contributed by atoms with Gasteiger partial charge in [-0.05, 0) is 38.6 Å². The molecule has 2 N–H and O–H groups in total. The molecule has 0 aromatic carbocycles. The molecule has 1 aliphatic rings. The summed E-state index contributed by atoms with van der Waals surface area (Å²) in [6.07, 6.45) is 5.08. The van der Waals surface area contributed by atoms with E-state index in [4.69, 9.17) is 0 Å². The van der Waals surface area contributed by atoms with Gasteiger partial charge in [0.25, 0.3) is 0 Å². The fourth-order valence-corrected chi connectivity index (χ4v) is 3.04. The number of nitrogens with zero attached hydrogens (tertiary/aromatic N) is 2. The van der Waals surface area contributed by atoms with Crippen LogP contribution >= 0.6 is 0 Å². The van der Waals surface area contributed by atoms with Gasteiger partial charge in [-0.2, -0.15) is 0 Å². The molecule has 3 amide bonds. The van der Waals surface area contributed by atoms with Crippen molar-refractivity contribution in [3.05, 3.63) is 11.6 Å². The van der Waals surface area contributed by atoms with Gasteiger partial charge in [-0.1, -0.05) is 26.8 Å². The lowest BCUT2D eigenvalue weighted by Crippen LogP contribution is -2.55. The summed E-state index contributed by atoms with van der Waals surface area (Å²) < 4.78 is 0. The zero-order valence-electron chi connectivity index (χ0n) is 17.7. The summed E-state index contributed by atoms with van der Waals surface area (Å²) in [5.41, 5.74) is 0.236. The summed E-state index contributed by atoms with van der Waals surface area (Å²) in [6, 6.07) is -0.630. The minimum atomic E-state index is -0.630. The summed E-state index contributed by atoms with van der Waals surface area (Å²) in [7, 11) is 3.38. The lowest BCUT2D eigenvalue weighted by molar-refractivity contribution is -0.137. The van der Waals surface area contributed by atoms with Gasteiger partial charge in [0.05, 0.1) is 6.54 Å². The maximum atomic E-state index is 12.9. The second kappa shape index (κ2) is 10.4. The van der Waals surface area contributed by atoms with Gasteiger partial charge in [-0.25, -0.2) is 0 Å². The van der Waals surface area contributed by atoms with Crippen molar-refractivity contribution in [1.29, 1.82) is 0 Å². The third-order valence-electron chi connectivity index (χ3n) is 4.78. The molecule has 7 nitrogen and oxygen atoms in total. The number of hydrogen-bond acceptors (Lipinski definition) is 4. The Bertz CT molecular complexity index is 560. The van der Waals surface area contributed by atoms with Crippen molar-refractivity contribution in [3.8, 4) is 0 Å². The van der Waals surface area contributed by atoms with Gasteiger partial charge < -0.3 is 20.4 Å². The van der Waals surface area contributed by atoms with E-state index in [0.717, 1.165) is 25.9 Å². The van der Waals surface area contributed by atoms with Crippen molar-refractivity contribution in [2.45, 2.75) is 53.0 Å². The molecule has 0 bridgehead atoms. The van der Waals surface area contributed by atoms with Gasteiger partial charge >= 0.3 is 0 Å². The highest BCUT2D eigenvalue weighted by atomic mass is 16.2. The average molecular weight is 381 g/mol. The van der Waals surface area contributed by atoms with Crippen LogP contribution in [0.2, 0.25) is 0 Å². The minimum Gasteiger partial charge on any atom is -0.343 e. The van der Waals surface area contributed by atoms with E-state index >= 15 is 0 Å². The summed E-state index contributed by atoms with van der Waals surface area (Å²) in [5, 5.41) is 5.60. The van der Waals surface area contributed by atoms with E-state index in [1.54, 1.807) is 32.0 Å². The van der Waals surface area contributed by atoms with Crippen LogP contribution in [0.3, 0.4) is 0 Å². The zero-order chi connectivity index (χ0) is 20.6. The van der Waals surface area contributed by atoms with Crippen LogP contribution in [0.25, 0.3) is 0 Å². The van der Waals surface area contributed by atoms with E-state index in [-0.39, 0.29) is 24.3 Å². The number of amides is 3. The van der Waals surface area contributed by atoms with E-state index in [9.17, 15) is 14.4 Å². The number of carbonyl (C=O) groups is 3. The van der Waals surface area contributed by atoms with Crippen molar-refractivity contribution in [2.24, 2.45) is 5.41 Å². The average Bonchev–Trinajstić information content (AvgIpc) is 2.62. The first kappa shape index (κ1) is 23.1. The first-order valence-electron chi connectivity index (χ1n) is 9.73. The molecule has 7 heteroatoms. The molecular formula is C20H36N4O3. The summed E-state index contributed by atoms with van der Waals surface area (Å²) in [5.74, 6) is -0.335. The monoisotopic (exact) mass is 380 g/mol. The predicted molar refractivity (Wildman–Crippen MR) is 107 cm³/mol. The standard InChI is InChI=1S/C20H36N4O3/c1-15(18(26)24-11-8-7-9-12-24)10-13-23(6)19(27)17(20(2,3)4)22-16(25)14-21-5/h10,17,21H,7-9,11-14H2,1-6H3,(H,22,25)/b15-10+.